The molecule has 1 amide bonds. The van der Waals surface area contributed by atoms with Crippen LogP contribution in [-0.4, -0.2) is 50.3 Å². The highest BCUT2D eigenvalue weighted by atomic mass is 19.4. The molecule has 1 saturated heterocycles. The molecule has 1 unspecified atom stereocenters. The Bertz CT molecular complexity index is 816. The molecule has 0 aliphatic carbocycles. The third kappa shape index (κ3) is 4.59. The quantitative estimate of drug-likeness (QED) is 0.787. The van der Waals surface area contributed by atoms with Crippen molar-refractivity contribution in [3.63, 3.8) is 0 Å². The van der Waals surface area contributed by atoms with Crippen molar-refractivity contribution in [1.29, 1.82) is 0 Å². The summed E-state index contributed by atoms with van der Waals surface area (Å²) in [6.45, 7) is 2.03. The number of methoxy groups -OCH3 is 1. The zero-order valence-electron chi connectivity index (χ0n) is 15.4. The lowest BCUT2D eigenvalue weighted by molar-refractivity contribution is -0.153. The second-order valence-corrected chi connectivity index (χ2v) is 6.34. The molecular formula is C19H20F3NO5. The summed E-state index contributed by atoms with van der Waals surface area (Å²) >= 11 is 0. The Morgan fingerprint density at radius 3 is 2.54 bits per heavy atom. The molecule has 1 aliphatic heterocycles. The van der Waals surface area contributed by atoms with Gasteiger partial charge in [0.2, 0.25) is 5.76 Å². The lowest BCUT2D eigenvalue weighted by Crippen LogP contribution is -2.40. The number of benzene rings is 1. The zero-order valence-corrected chi connectivity index (χ0v) is 15.4. The van der Waals surface area contributed by atoms with Crippen molar-refractivity contribution >= 4 is 5.91 Å². The fourth-order valence-electron chi connectivity index (χ4n) is 2.94. The van der Waals surface area contributed by atoms with Gasteiger partial charge in [0.15, 0.2) is 0 Å². The highest BCUT2D eigenvalue weighted by Crippen LogP contribution is 2.34. The molecule has 1 fully saturated rings. The maximum Gasteiger partial charge on any atom is 0.450 e. The monoisotopic (exact) mass is 399 g/mol. The molecular weight excluding hydrogens is 379 g/mol. The van der Waals surface area contributed by atoms with Gasteiger partial charge in [-0.2, -0.15) is 13.2 Å². The summed E-state index contributed by atoms with van der Waals surface area (Å²) in [7, 11) is 1.55. The molecule has 0 spiro atoms. The Morgan fingerprint density at radius 2 is 1.89 bits per heavy atom. The molecule has 1 aromatic carbocycles. The van der Waals surface area contributed by atoms with E-state index < -0.39 is 29.5 Å². The smallest absolute Gasteiger partial charge is 0.450 e. The molecule has 0 radical (unpaired) electrons. The first kappa shape index (κ1) is 20.1. The van der Waals surface area contributed by atoms with Crippen LogP contribution in [0.2, 0.25) is 0 Å². The Kier molecular flexibility index (Phi) is 5.83. The number of rotatable bonds is 4. The number of furan rings is 1. The van der Waals surface area contributed by atoms with Crippen LogP contribution in [0.15, 0.2) is 34.7 Å². The van der Waals surface area contributed by atoms with Crippen molar-refractivity contribution in [3.05, 3.63) is 47.4 Å². The van der Waals surface area contributed by atoms with Gasteiger partial charge < -0.3 is 23.5 Å². The number of nitrogens with zero attached hydrogens (tertiary/aromatic N) is 1. The molecule has 0 saturated carbocycles. The van der Waals surface area contributed by atoms with Crippen molar-refractivity contribution in [2.45, 2.75) is 19.2 Å². The standard InChI is InChI=1S/C19H20F3NO5/c1-12-9-16(17(27-12)19(20,21)22)18(24)23-7-8-26-11-15(10-23)28-14-5-3-13(25-2)4-6-14/h3-6,9,15H,7-8,10-11H2,1-2H3. The number of ether oxygens (including phenoxy) is 3. The summed E-state index contributed by atoms with van der Waals surface area (Å²) < 4.78 is 60.6. The van der Waals surface area contributed by atoms with Crippen LogP contribution < -0.4 is 9.47 Å². The molecule has 28 heavy (non-hydrogen) atoms. The number of hydrogen-bond donors (Lipinski definition) is 0. The van der Waals surface area contributed by atoms with Crippen LogP contribution in [-0.2, 0) is 10.9 Å². The number of alkyl halides is 3. The van der Waals surface area contributed by atoms with Crippen LogP contribution in [0.4, 0.5) is 13.2 Å². The number of halogens is 3. The van der Waals surface area contributed by atoms with E-state index in [1.807, 2.05) is 0 Å². The Labute approximate surface area is 159 Å². The van der Waals surface area contributed by atoms with E-state index in [2.05, 4.69) is 0 Å². The Hall–Kier alpha value is -2.68. The molecule has 1 atom stereocenters. The van der Waals surface area contributed by atoms with Gasteiger partial charge in [-0.25, -0.2) is 0 Å². The fraction of sp³-hybridized carbons (Fsp3) is 0.421. The number of amides is 1. The molecule has 152 valence electrons. The third-order valence-corrected chi connectivity index (χ3v) is 4.23. The second-order valence-electron chi connectivity index (χ2n) is 6.34. The molecule has 6 nitrogen and oxygen atoms in total. The second kappa shape index (κ2) is 8.14. The minimum absolute atomic E-state index is 0.0211. The van der Waals surface area contributed by atoms with Gasteiger partial charge in [-0.15, -0.1) is 0 Å². The molecule has 2 aromatic rings. The van der Waals surface area contributed by atoms with Gasteiger partial charge in [0, 0.05) is 6.54 Å². The average Bonchev–Trinajstić information content (AvgIpc) is 2.91. The first-order valence-corrected chi connectivity index (χ1v) is 8.63. The van der Waals surface area contributed by atoms with Crippen LogP contribution in [0.5, 0.6) is 11.5 Å². The zero-order chi connectivity index (χ0) is 20.3. The highest BCUT2D eigenvalue weighted by Gasteiger charge is 2.41. The van der Waals surface area contributed by atoms with Crippen molar-refractivity contribution in [1.82, 2.24) is 4.90 Å². The summed E-state index contributed by atoms with van der Waals surface area (Å²) in [4.78, 5) is 14.0. The Morgan fingerprint density at radius 1 is 1.21 bits per heavy atom. The summed E-state index contributed by atoms with van der Waals surface area (Å²) in [5.74, 6) is -0.825. The molecule has 1 aliphatic rings. The predicted molar refractivity (Wildman–Crippen MR) is 92.6 cm³/mol. The predicted octanol–water partition coefficient (Wildman–Crippen LogP) is 3.54. The van der Waals surface area contributed by atoms with Gasteiger partial charge in [0.1, 0.15) is 23.4 Å². The van der Waals surface area contributed by atoms with Crippen molar-refractivity contribution in [2.24, 2.45) is 0 Å². The minimum Gasteiger partial charge on any atom is -0.497 e. The molecule has 1 aromatic heterocycles. The molecule has 3 rings (SSSR count). The van der Waals surface area contributed by atoms with E-state index >= 15 is 0 Å². The summed E-state index contributed by atoms with van der Waals surface area (Å²) in [6.07, 6.45) is -5.28. The Balaban J connectivity index is 1.75. The summed E-state index contributed by atoms with van der Waals surface area (Å²) in [5, 5.41) is 0. The van der Waals surface area contributed by atoms with Crippen LogP contribution in [0.25, 0.3) is 0 Å². The molecule has 0 N–H and O–H groups in total. The molecule has 9 heteroatoms. The normalized spacial score (nSPS) is 17.9. The van der Waals surface area contributed by atoms with E-state index in [-0.39, 0.29) is 32.1 Å². The fourth-order valence-corrected chi connectivity index (χ4v) is 2.94. The van der Waals surface area contributed by atoms with E-state index in [0.29, 0.717) is 11.5 Å². The maximum absolute atomic E-state index is 13.2. The van der Waals surface area contributed by atoms with E-state index in [0.717, 1.165) is 6.07 Å². The van der Waals surface area contributed by atoms with Gasteiger partial charge in [0.05, 0.1) is 32.4 Å². The van der Waals surface area contributed by atoms with Gasteiger partial charge in [-0.05, 0) is 37.3 Å². The first-order valence-electron chi connectivity index (χ1n) is 8.63. The van der Waals surface area contributed by atoms with E-state index in [1.54, 1.807) is 31.4 Å². The van der Waals surface area contributed by atoms with E-state index in [1.165, 1.54) is 11.8 Å². The lowest BCUT2D eigenvalue weighted by atomic mass is 10.2. The van der Waals surface area contributed by atoms with E-state index in [9.17, 15) is 18.0 Å². The first-order chi connectivity index (χ1) is 13.3. The van der Waals surface area contributed by atoms with Crippen molar-refractivity contribution in [2.75, 3.05) is 33.4 Å². The van der Waals surface area contributed by atoms with Gasteiger partial charge in [-0.1, -0.05) is 0 Å². The van der Waals surface area contributed by atoms with E-state index in [4.69, 9.17) is 18.6 Å². The minimum atomic E-state index is -4.75. The van der Waals surface area contributed by atoms with Crippen molar-refractivity contribution < 1.29 is 36.6 Å². The largest absolute Gasteiger partial charge is 0.497 e. The van der Waals surface area contributed by atoms with Crippen LogP contribution in [0, 0.1) is 6.92 Å². The maximum atomic E-state index is 13.2. The van der Waals surface area contributed by atoms with Crippen LogP contribution in [0.1, 0.15) is 21.9 Å². The molecule has 2 heterocycles. The van der Waals surface area contributed by atoms with Crippen molar-refractivity contribution in [3.8, 4) is 11.5 Å². The van der Waals surface area contributed by atoms with Gasteiger partial charge in [-0.3, -0.25) is 4.79 Å². The molecule has 0 bridgehead atoms. The lowest BCUT2D eigenvalue weighted by Gasteiger charge is -2.24. The summed E-state index contributed by atoms with van der Waals surface area (Å²) in [5.41, 5.74) is -0.505. The van der Waals surface area contributed by atoms with Gasteiger partial charge in [0.25, 0.3) is 5.91 Å². The highest BCUT2D eigenvalue weighted by molar-refractivity contribution is 5.95. The SMILES string of the molecule is COc1ccc(OC2COCCN(C(=O)c3cc(C)oc3C(F)(F)F)C2)cc1. The van der Waals surface area contributed by atoms with Gasteiger partial charge >= 0.3 is 6.18 Å². The number of aryl methyl sites for hydroxylation is 1. The van der Waals surface area contributed by atoms with Crippen LogP contribution >= 0.6 is 0 Å². The third-order valence-electron chi connectivity index (χ3n) is 4.23. The summed E-state index contributed by atoms with van der Waals surface area (Å²) in [6, 6.07) is 7.96. The number of hydrogen-bond acceptors (Lipinski definition) is 5. The number of carbonyl (C=O) groups is 1. The average molecular weight is 399 g/mol. The van der Waals surface area contributed by atoms with Crippen LogP contribution in [0.3, 0.4) is 0 Å². The topological polar surface area (TPSA) is 61.1 Å². The number of carbonyl (C=O) groups excluding carboxylic acids is 1.